The van der Waals surface area contributed by atoms with Crippen LogP contribution in [0.3, 0.4) is 0 Å². The van der Waals surface area contributed by atoms with E-state index in [0.29, 0.717) is 60.8 Å². The van der Waals surface area contributed by atoms with Crippen molar-refractivity contribution in [3.8, 4) is 0 Å². The minimum Gasteiger partial charge on any atom is -0.338 e. The van der Waals surface area contributed by atoms with Crippen LogP contribution in [0.4, 0.5) is 0 Å². The van der Waals surface area contributed by atoms with E-state index in [1.807, 2.05) is 6.07 Å². The second kappa shape index (κ2) is 9.85. The molecule has 2 aliphatic rings. The van der Waals surface area contributed by atoms with Crippen LogP contribution >= 0.6 is 35.0 Å². The van der Waals surface area contributed by atoms with Gasteiger partial charge in [0.05, 0.1) is 5.75 Å². The lowest BCUT2D eigenvalue weighted by Crippen LogP contribution is -2.54. The number of halogens is 2. The van der Waals surface area contributed by atoms with Crippen LogP contribution in [0.15, 0.2) is 18.2 Å². The smallest absolute Gasteiger partial charge is 0.312 e. The maximum absolute atomic E-state index is 12.4. The van der Waals surface area contributed by atoms with Gasteiger partial charge in [-0.1, -0.05) is 29.3 Å². The van der Waals surface area contributed by atoms with Crippen molar-refractivity contribution in [1.29, 1.82) is 0 Å². The van der Waals surface area contributed by atoms with Gasteiger partial charge in [0.25, 0.3) is 0 Å². The van der Waals surface area contributed by atoms with E-state index in [2.05, 4.69) is 0 Å². The summed E-state index contributed by atoms with van der Waals surface area (Å²) in [6, 6.07) is 5.34. The van der Waals surface area contributed by atoms with Gasteiger partial charge in [-0.15, -0.1) is 11.8 Å². The summed E-state index contributed by atoms with van der Waals surface area (Å²) in [5.74, 6) is 0.158. The number of likely N-dealkylation sites (tertiary alicyclic amines) is 1. The lowest BCUT2D eigenvalue weighted by molar-refractivity contribution is -0.152. The van der Waals surface area contributed by atoms with E-state index in [4.69, 9.17) is 23.2 Å². The van der Waals surface area contributed by atoms with Gasteiger partial charge in [-0.2, -0.15) is 0 Å². The molecule has 2 fully saturated rings. The fraction of sp³-hybridized carbons (Fsp3) is 0.526. The zero-order valence-electron chi connectivity index (χ0n) is 15.5. The average Bonchev–Trinajstić information content (AvgIpc) is 3.23. The number of piperazine rings is 1. The fourth-order valence-corrected chi connectivity index (χ4v) is 4.81. The maximum Gasteiger partial charge on any atom is 0.312 e. The molecule has 0 saturated carbocycles. The minimum absolute atomic E-state index is 0.0352. The molecule has 0 unspecified atom stereocenters. The summed E-state index contributed by atoms with van der Waals surface area (Å²) >= 11 is 13.5. The van der Waals surface area contributed by atoms with Crippen LogP contribution in [-0.2, 0) is 20.1 Å². The third-order valence-corrected chi connectivity index (χ3v) is 6.55. The van der Waals surface area contributed by atoms with Crippen molar-refractivity contribution in [2.24, 2.45) is 0 Å². The number of carbonyl (C=O) groups excluding carboxylic acids is 3. The molecule has 152 valence electrons. The first-order chi connectivity index (χ1) is 13.5. The Balaban J connectivity index is 1.41. The quantitative estimate of drug-likeness (QED) is 0.670. The molecule has 6 nitrogen and oxygen atoms in total. The Bertz CT molecular complexity index is 748. The first-order valence-electron chi connectivity index (χ1n) is 9.33. The molecule has 0 spiro atoms. The molecular formula is C19H23Cl2N3O3S. The standard InChI is InChI=1S/C19H23Cl2N3O3S/c20-15-4-3-14(16(21)11-15)12-28-13-17(25)22-7-9-24(10-8-22)19(27)18(26)23-5-1-2-6-23/h3-4,11H,1-2,5-10,12-13H2. The number of thioether (sulfide) groups is 1. The lowest BCUT2D eigenvalue weighted by atomic mass is 10.2. The van der Waals surface area contributed by atoms with Crippen LogP contribution in [0.1, 0.15) is 18.4 Å². The van der Waals surface area contributed by atoms with Gasteiger partial charge in [0.2, 0.25) is 5.91 Å². The van der Waals surface area contributed by atoms with E-state index < -0.39 is 11.8 Å². The Hall–Kier alpha value is -1.44. The molecule has 3 rings (SSSR count). The molecule has 1 aromatic carbocycles. The van der Waals surface area contributed by atoms with Crippen LogP contribution in [-0.4, -0.2) is 77.4 Å². The number of amides is 3. The SMILES string of the molecule is O=C(CSCc1ccc(Cl)cc1Cl)N1CCN(C(=O)C(=O)N2CCCC2)CC1. The van der Waals surface area contributed by atoms with Crippen molar-refractivity contribution in [2.75, 3.05) is 45.0 Å². The number of nitrogens with zero attached hydrogens (tertiary/aromatic N) is 3. The fourth-order valence-electron chi connectivity index (χ4n) is 3.33. The Labute approximate surface area is 179 Å². The Kier molecular flexibility index (Phi) is 7.48. The molecule has 0 N–H and O–H groups in total. The van der Waals surface area contributed by atoms with Crippen molar-refractivity contribution < 1.29 is 14.4 Å². The van der Waals surface area contributed by atoms with E-state index in [9.17, 15) is 14.4 Å². The first-order valence-corrected chi connectivity index (χ1v) is 11.2. The maximum atomic E-state index is 12.4. The summed E-state index contributed by atoms with van der Waals surface area (Å²) in [5.41, 5.74) is 0.944. The number of hydrogen-bond acceptors (Lipinski definition) is 4. The molecule has 28 heavy (non-hydrogen) atoms. The lowest BCUT2D eigenvalue weighted by Gasteiger charge is -2.35. The number of benzene rings is 1. The molecule has 0 bridgehead atoms. The average molecular weight is 444 g/mol. The van der Waals surface area contributed by atoms with E-state index in [1.54, 1.807) is 26.8 Å². The highest BCUT2D eigenvalue weighted by Crippen LogP contribution is 2.25. The predicted molar refractivity (Wildman–Crippen MR) is 112 cm³/mol. The van der Waals surface area contributed by atoms with Crippen LogP contribution in [0, 0.1) is 0 Å². The van der Waals surface area contributed by atoms with E-state index in [1.165, 1.54) is 11.8 Å². The van der Waals surface area contributed by atoms with Gasteiger partial charge >= 0.3 is 11.8 Å². The van der Waals surface area contributed by atoms with E-state index >= 15 is 0 Å². The molecule has 2 heterocycles. The molecular weight excluding hydrogens is 421 g/mol. The van der Waals surface area contributed by atoms with Gasteiger partial charge in [0.15, 0.2) is 0 Å². The Morgan fingerprint density at radius 1 is 0.857 bits per heavy atom. The van der Waals surface area contributed by atoms with Gasteiger partial charge in [-0.05, 0) is 30.5 Å². The largest absolute Gasteiger partial charge is 0.338 e. The summed E-state index contributed by atoms with van der Waals surface area (Å²) in [6.45, 7) is 3.05. The van der Waals surface area contributed by atoms with E-state index in [0.717, 1.165) is 18.4 Å². The molecule has 1 aromatic rings. The molecule has 2 aliphatic heterocycles. The molecule has 2 saturated heterocycles. The van der Waals surface area contributed by atoms with Gasteiger partial charge in [0.1, 0.15) is 0 Å². The third kappa shape index (κ3) is 5.33. The summed E-state index contributed by atoms with van der Waals surface area (Å²) < 4.78 is 0. The van der Waals surface area contributed by atoms with Crippen LogP contribution in [0.2, 0.25) is 10.0 Å². The van der Waals surface area contributed by atoms with Crippen molar-refractivity contribution in [2.45, 2.75) is 18.6 Å². The second-order valence-electron chi connectivity index (χ2n) is 6.90. The molecule has 0 radical (unpaired) electrons. The summed E-state index contributed by atoms with van der Waals surface area (Å²) in [4.78, 5) is 41.9. The van der Waals surface area contributed by atoms with Gasteiger partial charge in [0, 0.05) is 55.1 Å². The minimum atomic E-state index is -0.444. The normalized spacial score (nSPS) is 17.1. The highest BCUT2D eigenvalue weighted by atomic mass is 35.5. The zero-order chi connectivity index (χ0) is 20.1. The summed E-state index contributed by atoms with van der Waals surface area (Å²) in [5, 5.41) is 1.19. The topological polar surface area (TPSA) is 60.9 Å². The van der Waals surface area contributed by atoms with Gasteiger partial charge < -0.3 is 14.7 Å². The summed E-state index contributed by atoms with van der Waals surface area (Å²) in [6.07, 6.45) is 1.92. The highest BCUT2D eigenvalue weighted by Gasteiger charge is 2.31. The highest BCUT2D eigenvalue weighted by molar-refractivity contribution is 7.99. The van der Waals surface area contributed by atoms with Crippen molar-refractivity contribution >= 4 is 52.7 Å². The number of rotatable bonds is 4. The van der Waals surface area contributed by atoms with Crippen molar-refractivity contribution in [3.05, 3.63) is 33.8 Å². The van der Waals surface area contributed by atoms with Gasteiger partial charge in [-0.25, -0.2) is 0 Å². The second-order valence-corrected chi connectivity index (χ2v) is 8.73. The zero-order valence-corrected chi connectivity index (χ0v) is 17.9. The monoisotopic (exact) mass is 443 g/mol. The van der Waals surface area contributed by atoms with Crippen LogP contribution in [0.25, 0.3) is 0 Å². The van der Waals surface area contributed by atoms with E-state index in [-0.39, 0.29) is 5.91 Å². The predicted octanol–water partition coefficient (Wildman–Crippen LogP) is 2.52. The first kappa shape index (κ1) is 21.3. The molecule has 0 aliphatic carbocycles. The Morgan fingerprint density at radius 2 is 1.43 bits per heavy atom. The number of carbonyl (C=O) groups is 3. The summed E-state index contributed by atoms with van der Waals surface area (Å²) in [7, 11) is 0. The number of hydrogen-bond donors (Lipinski definition) is 0. The van der Waals surface area contributed by atoms with Crippen molar-refractivity contribution in [3.63, 3.8) is 0 Å². The van der Waals surface area contributed by atoms with Crippen LogP contribution in [0.5, 0.6) is 0 Å². The third-order valence-electron chi connectivity index (χ3n) is 4.99. The van der Waals surface area contributed by atoms with Crippen molar-refractivity contribution in [1.82, 2.24) is 14.7 Å². The Morgan fingerprint density at radius 3 is 2.04 bits per heavy atom. The molecule has 0 atom stereocenters. The molecule has 3 amide bonds. The molecule has 9 heteroatoms. The molecule has 0 aromatic heterocycles. The van der Waals surface area contributed by atoms with Crippen LogP contribution < -0.4 is 0 Å². The van der Waals surface area contributed by atoms with Gasteiger partial charge in [-0.3, -0.25) is 14.4 Å².